The molecule has 158 valence electrons. The van der Waals surface area contributed by atoms with Gasteiger partial charge in [0.25, 0.3) is 5.91 Å². The summed E-state index contributed by atoms with van der Waals surface area (Å²) < 4.78 is 4.91. The van der Waals surface area contributed by atoms with Gasteiger partial charge in [0.15, 0.2) is 16.6 Å². The Bertz CT molecular complexity index is 1050. The van der Waals surface area contributed by atoms with Gasteiger partial charge in [-0.15, -0.1) is 0 Å². The second-order valence-corrected chi connectivity index (χ2v) is 7.17. The van der Waals surface area contributed by atoms with Gasteiger partial charge in [0.1, 0.15) is 4.88 Å². The van der Waals surface area contributed by atoms with Crippen LogP contribution in [0.1, 0.15) is 39.6 Å². The molecule has 0 spiro atoms. The normalized spacial score (nSPS) is 11.0. The molecule has 0 unspecified atom stereocenters. The third-order valence-corrected chi connectivity index (χ3v) is 4.81. The quantitative estimate of drug-likeness (QED) is 0.239. The van der Waals surface area contributed by atoms with Gasteiger partial charge in [0.2, 0.25) is 0 Å². The Morgan fingerprint density at radius 2 is 2.00 bits per heavy atom. The fraction of sp³-hybridized carbons (Fsp3) is 0.222. The van der Waals surface area contributed by atoms with Crippen molar-refractivity contribution in [2.45, 2.75) is 20.8 Å². The van der Waals surface area contributed by atoms with Crippen LogP contribution in [0.5, 0.6) is 0 Å². The van der Waals surface area contributed by atoms with Crippen LogP contribution < -0.4 is 10.7 Å². The Morgan fingerprint density at radius 3 is 2.60 bits per heavy atom. The largest absolute Gasteiger partial charge is 0.478 e. The number of Topliss-reactive ketones (excluding diaryl/α,β-unsaturated/α-hetero) is 1. The number of carbonyl (C=O) groups excluding carboxylic acids is 3. The molecule has 0 bridgehead atoms. The molecule has 0 saturated carbocycles. The topological polar surface area (TPSA) is 147 Å². The molecule has 1 aromatic carbocycles. The summed E-state index contributed by atoms with van der Waals surface area (Å²) in [6.07, 6.45) is 0. The van der Waals surface area contributed by atoms with Crippen molar-refractivity contribution in [3.8, 4) is 0 Å². The minimum absolute atomic E-state index is 0.0353. The molecule has 3 N–H and O–H groups in total. The van der Waals surface area contributed by atoms with Crippen molar-refractivity contribution in [1.82, 2.24) is 4.98 Å². The summed E-state index contributed by atoms with van der Waals surface area (Å²) in [6, 6.07) is 3.97. The Morgan fingerprint density at radius 1 is 1.30 bits per heavy atom. The first kappa shape index (κ1) is 23.0. The number of nitrogens with one attached hydrogen (secondary N) is 2. The van der Waals surface area contributed by atoms with E-state index in [-0.39, 0.29) is 32.9 Å². The first-order valence-corrected chi connectivity index (χ1v) is 9.66. The predicted octanol–water partition coefficient (Wildman–Crippen LogP) is 2.98. The molecule has 0 aliphatic carbocycles. The van der Waals surface area contributed by atoms with E-state index < -0.39 is 29.3 Å². The van der Waals surface area contributed by atoms with Gasteiger partial charge in [-0.25, -0.2) is 14.6 Å². The van der Waals surface area contributed by atoms with Crippen LogP contribution in [0.3, 0.4) is 0 Å². The smallest absolute Gasteiger partial charge is 0.350 e. The second-order valence-electron chi connectivity index (χ2n) is 5.73. The van der Waals surface area contributed by atoms with Crippen molar-refractivity contribution in [2.24, 2.45) is 5.10 Å². The number of aromatic carboxylic acids is 1. The van der Waals surface area contributed by atoms with Gasteiger partial charge in [0.05, 0.1) is 23.6 Å². The molecule has 10 nitrogen and oxygen atoms in total. The average Bonchev–Trinajstić information content (AvgIpc) is 3.02. The number of nitrogens with zero attached hydrogens (tertiary/aromatic N) is 2. The summed E-state index contributed by atoms with van der Waals surface area (Å²) in [5.74, 6) is -3.40. The van der Waals surface area contributed by atoms with E-state index in [4.69, 9.17) is 16.3 Å². The van der Waals surface area contributed by atoms with Gasteiger partial charge in [-0.05, 0) is 32.0 Å². The first-order valence-electron chi connectivity index (χ1n) is 8.47. The fourth-order valence-corrected chi connectivity index (χ4v) is 3.22. The van der Waals surface area contributed by atoms with Crippen LogP contribution >= 0.6 is 22.9 Å². The van der Waals surface area contributed by atoms with Crippen molar-refractivity contribution in [3.05, 3.63) is 39.4 Å². The van der Waals surface area contributed by atoms with Crippen LogP contribution in [0.2, 0.25) is 5.02 Å². The zero-order chi connectivity index (χ0) is 22.4. The van der Waals surface area contributed by atoms with E-state index in [1.165, 1.54) is 18.2 Å². The number of hydrazone groups is 1. The van der Waals surface area contributed by atoms with Crippen molar-refractivity contribution in [2.75, 3.05) is 17.3 Å². The number of carboxylic acid groups (broad SMARTS) is 1. The number of ketones is 1. The lowest BCUT2D eigenvalue weighted by Crippen LogP contribution is -2.29. The molecular formula is C18H17ClN4O6S. The summed E-state index contributed by atoms with van der Waals surface area (Å²) in [7, 11) is 0. The molecule has 0 radical (unpaired) electrons. The maximum Gasteiger partial charge on any atom is 0.350 e. The Kier molecular flexibility index (Phi) is 7.61. The number of hydrogen-bond donors (Lipinski definition) is 3. The lowest BCUT2D eigenvalue weighted by atomic mass is 10.2. The summed E-state index contributed by atoms with van der Waals surface area (Å²) >= 11 is 6.68. The number of anilines is 2. The molecule has 1 aromatic heterocycles. The number of halogens is 1. The number of aryl methyl sites for hydroxylation is 1. The van der Waals surface area contributed by atoms with E-state index in [9.17, 15) is 24.3 Å². The highest BCUT2D eigenvalue weighted by molar-refractivity contribution is 7.17. The molecule has 12 heteroatoms. The Hall–Kier alpha value is -3.31. The molecule has 0 aliphatic rings. The van der Waals surface area contributed by atoms with Crippen LogP contribution in [0.25, 0.3) is 0 Å². The molecule has 1 heterocycles. The van der Waals surface area contributed by atoms with Crippen LogP contribution in [0.4, 0.5) is 10.8 Å². The van der Waals surface area contributed by atoms with Crippen LogP contribution in [0, 0.1) is 6.92 Å². The van der Waals surface area contributed by atoms with Gasteiger partial charge in [-0.1, -0.05) is 22.9 Å². The zero-order valence-electron chi connectivity index (χ0n) is 16.1. The highest BCUT2D eigenvalue weighted by Crippen LogP contribution is 2.24. The number of rotatable bonds is 8. The maximum absolute atomic E-state index is 12.5. The second kappa shape index (κ2) is 9.94. The number of benzene rings is 1. The van der Waals surface area contributed by atoms with Crippen molar-refractivity contribution in [1.29, 1.82) is 0 Å². The molecule has 0 atom stereocenters. The molecule has 0 aliphatic heterocycles. The Labute approximate surface area is 179 Å². The van der Waals surface area contributed by atoms with E-state index in [1.807, 2.05) is 0 Å². The number of aromatic nitrogens is 1. The van der Waals surface area contributed by atoms with Crippen molar-refractivity contribution < 1.29 is 29.0 Å². The number of carbonyl (C=O) groups is 4. The predicted molar refractivity (Wildman–Crippen MR) is 112 cm³/mol. The number of esters is 1. The third kappa shape index (κ3) is 5.61. The summed E-state index contributed by atoms with van der Waals surface area (Å²) in [5, 5.41) is 15.7. The monoisotopic (exact) mass is 452 g/mol. The first-order chi connectivity index (χ1) is 14.1. The molecular weight excluding hydrogens is 436 g/mol. The van der Waals surface area contributed by atoms with Gasteiger partial charge >= 0.3 is 11.9 Å². The number of carboxylic acids is 1. The van der Waals surface area contributed by atoms with E-state index >= 15 is 0 Å². The van der Waals surface area contributed by atoms with Gasteiger partial charge < -0.3 is 9.84 Å². The summed E-state index contributed by atoms with van der Waals surface area (Å²) in [6.45, 7) is 4.55. The van der Waals surface area contributed by atoms with Gasteiger partial charge in [-0.2, -0.15) is 5.10 Å². The maximum atomic E-state index is 12.5. The van der Waals surface area contributed by atoms with Gasteiger partial charge in [-0.3, -0.25) is 20.3 Å². The van der Waals surface area contributed by atoms with E-state index in [2.05, 4.69) is 20.8 Å². The highest BCUT2D eigenvalue weighted by Gasteiger charge is 2.22. The lowest BCUT2D eigenvalue weighted by Gasteiger charge is -2.07. The molecule has 0 fully saturated rings. The molecule has 2 rings (SSSR count). The molecule has 30 heavy (non-hydrogen) atoms. The van der Waals surface area contributed by atoms with Crippen LogP contribution in [-0.2, 0) is 14.3 Å². The highest BCUT2D eigenvalue weighted by atomic mass is 35.5. The number of hydrogen-bond acceptors (Lipinski definition) is 9. The van der Waals surface area contributed by atoms with E-state index in [1.54, 1.807) is 13.8 Å². The van der Waals surface area contributed by atoms with Crippen molar-refractivity contribution >= 4 is 63.1 Å². The minimum Gasteiger partial charge on any atom is -0.478 e. The fourth-order valence-electron chi connectivity index (χ4n) is 2.19. The van der Waals surface area contributed by atoms with Crippen LogP contribution in [0.15, 0.2) is 23.3 Å². The summed E-state index contributed by atoms with van der Waals surface area (Å²) in [4.78, 5) is 51.8. The minimum atomic E-state index is -1.27. The lowest BCUT2D eigenvalue weighted by molar-refractivity contribution is -0.114. The third-order valence-electron chi connectivity index (χ3n) is 3.53. The number of amides is 1. The Balaban J connectivity index is 2.24. The molecule has 1 amide bonds. The number of ether oxygens (including phenoxy) is 1. The summed E-state index contributed by atoms with van der Waals surface area (Å²) in [5.41, 5.74) is 2.08. The van der Waals surface area contributed by atoms with Crippen molar-refractivity contribution in [3.63, 3.8) is 0 Å². The molecule has 0 saturated heterocycles. The number of thiazole rings is 1. The molecule has 2 aromatic rings. The average molecular weight is 453 g/mol. The SMILES string of the molecule is CCOC(=O)c1sc(NC(=O)/C(=N/Nc2ccc(Cl)cc2C(=O)O)C(C)=O)nc1C. The van der Waals surface area contributed by atoms with E-state index in [0.29, 0.717) is 5.69 Å². The zero-order valence-corrected chi connectivity index (χ0v) is 17.7. The standard InChI is InChI=1S/C18H17ClN4O6S/c1-4-29-17(28)14-8(2)20-18(30-14)21-15(25)13(9(3)24)23-22-12-6-5-10(19)7-11(12)16(26)27/h5-7,22H,4H2,1-3H3,(H,26,27)(H,20,21,25)/b23-13+. The van der Waals surface area contributed by atoms with Crippen LogP contribution in [-0.4, -0.2) is 46.0 Å². The van der Waals surface area contributed by atoms with E-state index in [0.717, 1.165) is 18.3 Å². The van der Waals surface area contributed by atoms with Gasteiger partial charge in [0, 0.05) is 11.9 Å².